The van der Waals surface area contributed by atoms with Crippen LogP contribution in [0.2, 0.25) is 0 Å². The zero-order valence-electron chi connectivity index (χ0n) is 16.6. The maximum absolute atomic E-state index is 13.2. The second-order valence-electron chi connectivity index (χ2n) is 6.92. The highest BCUT2D eigenvalue weighted by atomic mass is 19.1. The van der Waals surface area contributed by atoms with E-state index >= 15 is 0 Å². The average molecular weight is 412 g/mol. The second kappa shape index (κ2) is 8.86. The van der Waals surface area contributed by atoms with Crippen molar-refractivity contribution < 1.29 is 28.3 Å². The number of imide groups is 1. The van der Waals surface area contributed by atoms with Crippen LogP contribution < -0.4 is 5.32 Å². The molecule has 8 heteroatoms. The molecule has 0 saturated heterocycles. The van der Waals surface area contributed by atoms with E-state index < -0.39 is 29.7 Å². The van der Waals surface area contributed by atoms with E-state index in [1.54, 1.807) is 0 Å². The highest BCUT2D eigenvalue weighted by Crippen LogP contribution is 2.25. The Balaban J connectivity index is 1.68. The van der Waals surface area contributed by atoms with Crippen molar-refractivity contribution in [3.05, 3.63) is 65.0 Å². The number of rotatable bonds is 7. The first-order valence-corrected chi connectivity index (χ1v) is 9.59. The van der Waals surface area contributed by atoms with Gasteiger partial charge in [-0.05, 0) is 49.7 Å². The summed E-state index contributed by atoms with van der Waals surface area (Å²) in [6, 6.07) is 9.42. The van der Waals surface area contributed by atoms with E-state index in [9.17, 15) is 23.6 Å². The number of nitrogens with zero attached hydrogens (tertiary/aromatic N) is 1. The number of carbonyl (C=O) groups is 4. The third kappa shape index (κ3) is 4.37. The van der Waals surface area contributed by atoms with Gasteiger partial charge in [0.05, 0.1) is 16.7 Å². The molecule has 2 aromatic carbocycles. The van der Waals surface area contributed by atoms with Gasteiger partial charge in [-0.1, -0.05) is 19.4 Å². The minimum absolute atomic E-state index is 0.0534. The standard InChI is InChI=1S/C22H21FN2O5/c1-3-4-10-25-20(27)17-9-8-14(11-18(17)21(25)28)22(29)30-13(2)19(26)24-16-7-5-6-15(23)12-16/h5-9,11-13H,3-4,10H2,1-2H3,(H,24,26)/t13-/m1/s1. The van der Waals surface area contributed by atoms with Crippen LogP contribution in [0.3, 0.4) is 0 Å². The number of fused-ring (bicyclic) bond motifs is 1. The fourth-order valence-corrected chi connectivity index (χ4v) is 3.03. The van der Waals surface area contributed by atoms with E-state index in [0.717, 1.165) is 12.5 Å². The number of hydrogen-bond donors (Lipinski definition) is 1. The van der Waals surface area contributed by atoms with Crippen LogP contribution in [0.5, 0.6) is 0 Å². The summed E-state index contributed by atoms with van der Waals surface area (Å²) in [4.78, 5) is 50.7. The van der Waals surface area contributed by atoms with Crippen LogP contribution in [-0.2, 0) is 9.53 Å². The maximum Gasteiger partial charge on any atom is 0.338 e. The molecule has 0 saturated carbocycles. The van der Waals surface area contributed by atoms with Crippen LogP contribution in [0, 0.1) is 5.82 Å². The fourth-order valence-electron chi connectivity index (χ4n) is 3.03. The third-order valence-electron chi connectivity index (χ3n) is 4.69. The van der Waals surface area contributed by atoms with Crippen molar-refractivity contribution in [3.63, 3.8) is 0 Å². The molecular weight excluding hydrogens is 391 g/mol. The summed E-state index contributed by atoms with van der Waals surface area (Å²) < 4.78 is 18.4. The Morgan fingerprint density at radius 1 is 1.10 bits per heavy atom. The number of unbranched alkanes of at least 4 members (excludes halogenated alkanes) is 1. The van der Waals surface area contributed by atoms with Crippen molar-refractivity contribution in [1.29, 1.82) is 0 Å². The Morgan fingerprint density at radius 2 is 1.83 bits per heavy atom. The number of hydrogen-bond acceptors (Lipinski definition) is 5. The second-order valence-corrected chi connectivity index (χ2v) is 6.92. The molecule has 30 heavy (non-hydrogen) atoms. The molecule has 3 rings (SSSR count). The molecule has 1 atom stereocenters. The number of benzene rings is 2. The summed E-state index contributed by atoms with van der Waals surface area (Å²) in [5.74, 6) is -2.79. The Labute approximate surface area is 172 Å². The SMILES string of the molecule is CCCCN1C(=O)c2ccc(C(=O)O[C@H](C)C(=O)Nc3cccc(F)c3)cc2C1=O. The minimum Gasteiger partial charge on any atom is -0.449 e. The Kier molecular flexibility index (Phi) is 6.25. The molecule has 0 bridgehead atoms. The first kappa shape index (κ1) is 21.2. The van der Waals surface area contributed by atoms with Gasteiger partial charge in [-0.25, -0.2) is 9.18 Å². The number of ether oxygens (including phenoxy) is 1. The molecule has 1 N–H and O–H groups in total. The molecule has 7 nitrogen and oxygen atoms in total. The molecule has 2 aromatic rings. The van der Waals surface area contributed by atoms with E-state index in [1.165, 1.54) is 48.2 Å². The Bertz CT molecular complexity index is 1020. The molecule has 0 aromatic heterocycles. The summed E-state index contributed by atoms with van der Waals surface area (Å²) in [5, 5.41) is 2.46. The molecule has 1 heterocycles. The Hall–Kier alpha value is -3.55. The molecule has 0 unspecified atom stereocenters. The number of amides is 3. The predicted molar refractivity (Wildman–Crippen MR) is 107 cm³/mol. The number of nitrogens with one attached hydrogen (secondary N) is 1. The Morgan fingerprint density at radius 3 is 2.53 bits per heavy atom. The number of carbonyl (C=O) groups excluding carboxylic acids is 4. The van der Waals surface area contributed by atoms with E-state index in [1.807, 2.05) is 6.92 Å². The molecule has 3 amide bonds. The molecule has 0 radical (unpaired) electrons. The van der Waals surface area contributed by atoms with E-state index in [0.29, 0.717) is 13.0 Å². The zero-order chi connectivity index (χ0) is 21.8. The lowest BCUT2D eigenvalue weighted by Crippen LogP contribution is -2.30. The van der Waals surface area contributed by atoms with Crippen LogP contribution in [-0.4, -0.2) is 41.2 Å². The van der Waals surface area contributed by atoms with Crippen molar-refractivity contribution in [2.24, 2.45) is 0 Å². The summed E-state index contributed by atoms with van der Waals surface area (Å²) in [6.45, 7) is 3.65. The highest BCUT2D eigenvalue weighted by molar-refractivity contribution is 6.22. The van der Waals surface area contributed by atoms with Crippen molar-refractivity contribution >= 4 is 29.4 Å². The van der Waals surface area contributed by atoms with Gasteiger partial charge in [0.2, 0.25) is 0 Å². The minimum atomic E-state index is -1.16. The van der Waals surface area contributed by atoms with Gasteiger partial charge >= 0.3 is 5.97 Å². The topological polar surface area (TPSA) is 92.8 Å². The van der Waals surface area contributed by atoms with E-state index in [4.69, 9.17) is 4.74 Å². The molecule has 1 aliphatic heterocycles. The van der Waals surface area contributed by atoms with Crippen LogP contribution in [0.4, 0.5) is 10.1 Å². The third-order valence-corrected chi connectivity index (χ3v) is 4.69. The number of esters is 1. The molecule has 1 aliphatic rings. The molecular formula is C22H21FN2O5. The van der Waals surface area contributed by atoms with Crippen molar-refractivity contribution in [1.82, 2.24) is 4.90 Å². The van der Waals surface area contributed by atoms with E-state index in [-0.39, 0.29) is 28.3 Å². The molecule has 0 spiro atoms. The van der Waals surface area contributed by atoms with Gasteiger partial charge in [0.1, 0.15) is 5.82 Å². The molecule has 0 aliphatic carbocycles. The van der Waals surface area contributed by atoms with Gasteiger partial charge in [0.25, 0.3) is 17.7 Å². The summed E-state index contributed by atoms with van der Waals surface area (Å²) in [7, 11) is 0. The lowest BCUT2D eigenvalue weighted by Gasteiger charge is -2.14. The van der Waals surface area contributed by atoms with Crippen LogP contribution in [0.25, 0.3) is 0 Å². The van der Waals surface area contributed by atoms with Gasteiger partial charge in [-0.15, -0.1) is 0 Å². The van der Waals surface area contributed by atoms with Gasteiger partial charge in [-0.2, -0.15) is 0 Å². The van der Waals surface area contributed by atoms with Gasteiger partial charge in [-0.3, -0.25) is 19.3 Å². The summed E-state index contributed by atoms with van der Waals surface area (Å²) >= 11 is 0. The van der Waals surface area contributed by atoms with Gasteiger partial charge < -0.3 is 10.1 Å². The quantitative estimate of drug-likeness (QED) is 0.556. The highest BCUT2D eigenvalue weighted by Gasteiger charge is 2.35. The van der Waals surface area contributed by atoms with Crippen LogP contribution in [0.1, 0.15) is 57.8 Å². The zero-order valence-corrected chi connectivity index (χ0v) is 16.6. The van der Waals surface area contributed by atoms with Crippen molar-refractivity contribution in [2.45, 2.75) is 32.8 Å². The van der Waals surface area contributed by atoms with Crippen molar-refractivity contribution in [2.75, 3.05) is 11.9 Å². The molecule has 0 fully saturated rings. The smallest absolute Gasteiger partial charge is 0.338 e. The maximum atomic E-state index is 13.2. The number of anilines is 1. The first-order valence-electron chi connectivity index (χ1n) is 9.59. The first-order chi connectivity index (χ1) is 14.3. The molecule has 156 valence electrons. The summed E-state index contributed by atoms with van der Waals surface area (Å²) in [5.41, 5.74) is 0.668. The van der Waals surface area contributed by atoms with Gasteiger partial charge in [0, 0.05) is 12.2 Å². The largest absolute Gasteiger partial charge is 0.449 e. The monoisotopic (exact) mass is 412 g/mol. The lowest BCUT2D eigenvalue weighted by atomic mass is 10.1. The van der Waals surface area contributed by atoms with E-state index in [2.05, 4.69) is 5.32 Å². The van der Waals surface area contributed by atoms with Crippen molar-refractivity contribution in [3.8, 4) is 0 Å². The lowest BCUT2D eigenvalue weighted by molar-refractivity contribution is -0.123. The van der Waals surface area contributed by atoms with Crippen LogP contribution >= 0.6 is 0 Å². The normalized spacial score (nSPS) is 13.8. The predicted octanol–water partition coefficient (Wildman–Crippen LogP) is 3.41. The number of halogens is 1. The fraction of sp³-hybridized carbons (Fsp3) is 0.273. The summed E-state index contributed by atoms with van der Waals surface area (Å²) in [6.07, 6.45) is 0.367. The van der Waals surface area contributed by atoms with Gasteiger partial charge in [0.15, 0.2) is 6.10 Å². The van der Waals surface area contributed by atoms with Crippen LogP contribution in [0.15, 0.2) is 42.5 Å². The average Bonchev–Trinajstić information content (AvgIpc) is 2.96.